The van der Waals surface area contributed by atoms with Gasteiger partial charge in [-0.15, -0.1) is 0 Å². The van der Waals surface area contributed by atoms with Crippen molar-refractivity contribution in [1.29, 1.82) is 0 Å². The van der Waals surface area contributed by atoms with Crippen LogP contribution in [-0.4, -0.2) is 22.3 Å². The molecular weight excluding hydrogens is 198 g/mol. The molecule has 1 saturated heterocycles. The summed E-state index contributed by atoms with van der Waals surface area (Å²) in [7, 11) is 0. The molecule has 0 aromatic heterocycles. The number of hydrogen-bond donors (Lipinski definition) is 2. The van der Waals surface area contributed by atoms with Crippen molar-refractivity contribution in [3.8, 4) is 0 Å². The molecule has 3 atom stereocenters. The SMILES string of the molecule is CCC1CCCC2(CCC(O)C(C)(C)N2)C1. The first-order valence-corrected chi connectivity index (χ1v) is 6.95. The van der Waals surface area contributed by atoms with Crippen LogP contribution in [0.1, 0.15) is 65.7 Å². The third-order valence-corrected chi connectivity index (χ3v) is 4.84. The molecule has 0 radical (unpaired) electrons. The van der Waals surface area contributed by atoms with Crippen molar-refractivity contribution in [3.63, 3.8) is 0 Å². The van der Waals surface area contributed by atoms with Crippen molar-refractivity contribution in [2.24, 2.45) is 5.92 Å². The van der Waals surface area contributed by atoms with Crippen LogP contribution < -0.4 is 5.32 Å². The zero-order valence-corrected chi connectivity index (χ0v) is 11.1. The molecule has 3 unspecified atom stereocenters. The summed E-state index contributed by atoms with van der Waals surface area (Å²) in [6.45, 7) is 6.61. The number of hydrogen-bond acceptors (Lipinski definition) is 2. The monoisotopic (exact) mass is 225 g/mol. The molecule has 2 nitrogen and oxygen atoms in total. The molecule has 16 heavy (non-hydrogen) atoms. The average molecular weight is 225 g/mol. The highest BCUT2D eigenvalue weighted by atomic mass is 16.3. The van der Waals surface area contributed by atoms with Gasteiger partial charge in [-0.1, -0.05) is 26.2 Å². The van der Waals surface area contributed by atoms with E-state index >= 15 is 0 Å². The van der Waals surface area contributed by atoms with Gasteiger partial charge < -0.3 is 10.4 Å². The number of piperidine rings is 1. The van der Waals surface area contributed by atoms with Crippen molar-refractivity contribution >= 4 is 0 Å². The molecule has 1 spiro atoms. The number of aliphatic hydroxyl groups excluding tert-OH is 1. The molecule has 1 aliphatic heterocycles. The summed E-state index contributed by atoms with van der Waals surface area (Å²) in [5.41, 5.74) is 0.232. The lowest BCUT2D eigenvalue weighted by atomic mass is 9.68. The van der Waals surface area contributed by atoms with Gasteiger partial charge in [0.1, 0.15) is 0 Å². The van der Waals surface area contributed by atoms with Gasteiger partial charge in [-0.05, 0) is 45.4 Å². The highest BCUT2D eigenvalue weighted by Gasteiger charge is 2.45. The van der Waals surface area contributed by atoms with E-state index in [2.05, 4.69) is 26.1 Å². The van der Waals surface area contributed by atoms with Crippen molar-refractivity contribution in [2.45, 2.75) is 82.9 Å². The molecule has 2 rings (SSSR count). The Morgan fingerprint density at radius 2 is 2.00 bits per heavy atom. The van der Waals surface area contributed by atoms with E-state index in [4.69, 9.17) is 0 Å². The summed E-state index contributed by atoms with van der Waals surface area (Å²) in [5.74, 6) is 0.896. The minimum Gasteiger partial charge on any atom is -0.391 e. The second kappa shape index (κ2) is 4.30. The maximum absolute atomic E-state index is 10.0. The fraction of sp³-hybridized carbons (Fsp3) is 1.00. The van der Waals surface area contributed by atoms with Crippen LogP contribution in [0.3, 0.4) is 0 Å². The van der Waals surface area contributed by atoms with Gasteiger partial charge in [0.15, 0.2) is 0 Å². The Balaban J connectivity index is 2.08. The number of aliphatic hydroxyl groups is 1. The zero-order chi connectivity index (χ0) is 11.8. The lowest BCUT2D eigenvalue weighted by Crippen LogP contribution is -2.65. The smallest absolute Gasteiger partial charge is 0.0717 e. The van der Waals surface area contributed by atoms with E-state index in [0.29, 0.717) is 5.54 Å². The Morgan fingerprint density at radius 1 is 1.25 bits per heavy atom. The predicted molar refractivity (Wildman–Crippen MR) is 67.4 cm³/mol. The largest absolute Gasteiger partial charge is 0.391 e. The van der Waals surface area contributed by atoms with Crippen molar-refractivity contribution in [2.75, 3.05) is 0 Å². The summed E-state index contributed by atoms with van der Waals surface area (Å²) in [5, 5.41) is 13.8. The van der Waals surface area contributed by atoms with Crippen LogP contribution in [-0.2, 0) is 0 Å². The molecule has 0 bridgehead atoms. The van der Waals surface area contributed by atoms with Gasteiger partial charge in [-0.25, -0.2) is 0 Å². The van der Waals surface area contributed by atoms with Gasteiger partial charge in [0.05, 0.1) is 6.10 Å². The maximum atomic E-state index is 10.0. The van der Waals surface area contributed by atoms with E-state index in [1.807, 2.05) is 0 Å². The fourth-order valence-corrected chi connectivity index (χ4v) is 3.78. The van der Waals surface area contributed by atoms with Gasteiger partial charge in [-0.2, -0.15) is 0 Å². The molecule has 0 aromatic carbocycles. The summed E-state index contributed by atoms with van der Waals surface area (Å²) in [6.07, 6.45) is 8.65. The molecule has 1 saturated carbocycles. The normalized spacial score (nSPS) is 43.5. The van der Waals surface area contributed by atoms with Crippen LogP contribution in [0.4, 0.5) is 0 Å². The van der Waals surface area contributed by atoms with Crippen LogP contribution in [0.5, 0.6) is 0 Å². The maximum Gasteiger partial charge on any atom is 0.0717 e. The number of rotatable bonds is 1. The number of nitrogens with one attached hydrogen (secondary N) is 1. The fourth-order valence-electron chi connectivity index (χ4n) is 3.78. The Bertz CT molecular complexity index is 251. The lowest BCUT2D eigenvalue weighted by molar-refractivity contribution is -0.0155. The summed E-state index contributed by atoms with van der Waals surface area (Å²) in [6, 6.07) is 0. The molecule has 1 heterocycles. The Morgan fingerprint density at radius 3 is 2.62 bits per heavy atom. The third kappa shape index (κ3) is 2.28. The van der Waals surface area contributed by atoms with E-state index < -0.39 is 0 Å². The molecule has 2 heteroatoms. The summed E-state index contributed by atoms with van der Waals surface area (Å²) < 4.78 is 0. The van der Waals surface area contributed by atoms with Crippen LogP contribution in [0.2, 0.25) is 0 Å². The van der Waals surface area contributed by atoms with Crippen molar-refractivity contribution < 1.29 is 5.11 Å². The molecule has 94 valence electrons. The molecule has 2 fully saturated rings. The van der Waals surface area contributed by atoms with Gasteiger partial charge in [-0.3, -0.25) is 0 Å². The first-order valence-electron chi connectivity index (χ1n) is 6.95. The summed E-state index contributed by atoms with van der Waals surface area (Å²) in [4.78, 5) is 0. The van der Waals surface area contributed by atoms with E-state index in [-0.39, 0.29) is 11.6 Å². The second-order valence-corrected chi connectivity index (χ2v) is 6.55. The lowest BCUT2D eigenvalue weighted by Gasteiger charge is -2.52. The van der Waals surface area contributed by atoms with Crippen LogP contribution >= 0.6 is 0 Å². The molecule has 2 N–H and O–H groups in total. The van der Waals surface area contributed by atoms with Crippen molar-refractivity contribution in [3.05, 3.63) is 0 Å². The predicted octanol–water partition coefficient (Wildman–Crippen LogP) is 2.85. The zero-order valence-electron chi connectivity index (χ0n) is 11.1. The molecule has 1 aliphatic carbocycles. The van der Waals surface area contributed by atoms with Crippen LogP contribution in [0.15, 0.2) is 0 Å². The highest BCUT2D eigenvalue weighted by Crippen LogP contribution is 2.42. The molecule has 0 aromatic rings. The van der Waals surface area contributed by atoms with Gasteiger partial charge in [0.25, 0.3) is 0 Å². The van der Waals surface area contributed by atoms with Gasteiger partial charge in [0, 0.05) is 11.1 Å². The van der Waals surface area contributed by atoms with Crippen LogP contribution in [0.25, 0.3) is 0 Å². The van der Waals surface area contributed by atoms with Crippen LogP contribution in [0, 0.1) is 5.92 Å². The van der Waals surface area contributed by atoms with Crippen molar-refractivity contribution in [1.82, 2.24) is 5.32 Å². The standard InChI is InChI=1S/C14H27NO/c1-4-11-6-5-8-14(10-11)9-7-12(16)13(2,3)15-14/h11-12,15-16H,4-10H2,1-3H3. The Labute approximate surface area is 99.8 Å². The topological polar surface area (TPSA) is 32.3 Å². The second-order valence-electron chi connectivity index (χ2n) is 6.55. The average Bonchev–Trinajstić information content (AvgIpc) is 2.24. The van der Waals surface area contributed by atoms with E-state index in [1.165, 1.54) is 32.1 Å². The Hall–Kier alpha value is -0.0800. The van der Waals surface area contributed by atoms with Gasteiger partial charge >= 0.3 is 0 Å². The highest BCUT2D eigenvalue weighted by molar-refractivity contribution is 5.04. The molecule has 2 aliphatic rings. The first-order chi connectivity index (χ1) is 7.47. The molecule has 0 amide bonds. The minimum absolute atomic E-state index is 0.103. The first kappa shape index (κ1) is 12.4. The third-order valence-electron chi connectivity index (χ3n) is 4.84. The van der Waals surface area contributed by atoms with Gasteiger partial charge in [0.2, 0.25) is 0 Å². The minimum atomic E-state index is -0.180. The quantitative estimate of drug-likeness (QED) is 0.719. The molecular formula is C14H27NO. The van der Waals surface area contributed by atoms with E-state index in [1.54, 1.807) is 0 Å². The summed E-state index contributed by atoms with van der Waals surface area (Å²) >= 11 is 0. The Kier molecular flexibility index (Phi) is 3.33. The van der Waals surface area contributed by atoms with E-state index in [9.17, 15) is 5.11 Å². The van der Waals surface area contributed by atoms with E-state index in [0.717, 1.165) is 18.8 Å².